The van der Waals surface area contributed by atoms with Crippen molar-refractivity contribution in [1.82, 2.24) is 4.90 Å². The van der Waals surface area contributed by atoms with E-state index in [1.807, 2.05) is 0 Å². The minimum absolute atomic E-state index is 0.279. The normalized spacial score (nSPS) is 17.1. The molecular weight excluding hydrogens is 229 g/mol. The van der Waals surface area contributed by atoms with Gasteiger partial charge in [0, 0.05) is 12.6 Å². The molecule has 1 aliphatic carbocycles. The standard InChI is InChI=1S/C15H22FNO/c1-2-9-17(14-6-7-14)10-8-15(18)12-4-3-5-13(16)11-12/h3-5,11,14-15,18H,2,6-10H2,1H3. The molecule has 1 unspecified atom stereocenters. The van der Waals surface area contributed by atoms with Crippen molar-refractivity contribution in [2.45, 2.75) is 44.8 Å². The molecule has 1 aromatic rings. The molecule has 1 aliphatic rings. The maximum absolute atomic E-state index is 13.1. The lowest BCUT2D eigenvalue weighted by molar-refractivity contribution is 0.139. The molecule has 1 N–H and O–H groups in total. The van der Waals surface area contributed by atoms with Crippen LogP contribution >= 0.6 is 0 Å². The summed E-state index contributed by atoms with van der Waals surface area (Å²) in [6.07, 6.45) is 3.84. The Morgan fingerprint density at radius 3 is 2.78 bits per heavy atom. The van der Waals surface area contributed by atoms with Crippen molar-refractivity contribution in [2.75, 3.05) is 13.1 Å². The zero-order valence-electron chi connectivity index (χ0n) is 11.0. The van der Waals surface area contributed by atoms with E-state index in [0.29, 0.717) is 12.0 Å². The van der Waals surface area contributed by atoms with Crippen molar-refractivity contribution >= 4 is 0 Å². The van der Waals surface area contributed by atoms with Crippen LogP contribution in [0.1, 0.15) is 44.3 Å². The minimum atomic E-state index is -0.557. The Labute approximate surface area is 108 Å². The van der Waals surface area contributed by atoms with Crippen LogP contribution in [0.25, 0.3) is 0 Å². The first-order valence-corrected chi connectivity index (χ1v) is 6.88. The number of benzene rings is 1. The molecule has 0 saturated heterocycles. The Kier molecular flexibility index (Phi) is 4.72. The van der Waals surface area contributed by atoms with E-state index in [9.17, 15) is 9.50 Å². The zero-order chi connectivity index (χ0) is 13.0. The van der Waals surface area contributed by atoms with E-state index in [1.165, 1.54) is 25.0 Å². The van der Waals surface area contributed by atoms with Gasteiger partial charge >= 0.3 is 0 Å². The van der Waals surface area contributed by atoms with Crippen molar-refractivity contribution in [2.24, 2.45) is 0 Å². The second-order valence-corrected chi connectivity index (χ2v) is 5.13. The van der Waals surface area contributed by atoms with Gasteiger partial charge in [-0.25, -0.2) is 4.39 Å². The lowest BCUT2D eigenvalue weighted by Gasteiger charge is -2.22. The maximum atomic E-state index is 13.1. The molecule has 0 aliphatic heterocycles. The van der Waals surface area contributed by atoms with Crippen LogP contribution in [0.4, 0.5) is 4.39 Å². The van der Waals surface area contributed by atoms with Gasteiger partial charge < -0.3 is 10.0 Å². The fraction of sp³-hybridized carbons (Fsp3) is 0.600. The largest absolute Gasteiger partial charge is 0.388 e. The molecule has 0 heterocycles. The van der Waals surface area contributed by atoms with Gasteiger partial charge in [0.2, 0.25) is 0 Å². The summed E-state index contributed by atoms with van der Waals surface area (Å²) in [4.78, 5) is 2.45. The third-order valence-electron chi connectivity index (χ3n) is 3.50. The summed E-state index contributed by atoms with van der Waals surface area (Å²) >= 11 is 0. The molecule has 100 valence electrons. The van der Waals surface area contributed by atoms with Crippen LogP contribution < -0.4 is 0 Å². The molecule has 0 aromatic heterocycles. The Morgan fingerprint density at radius 2 is 2.17 bits per heavy atom. The lowest BCUT2D eigenvalue weighted by Crippen LogP contribution is -2.29. The van der Waals surface area contributed by atoms with Crippen molar-refractivity contribution < 1.29 is 9.50 Å². The lowest BCUT2D eigenvalue weighted by atomic mass is 10.1. The number of aliphatic hydroxyl groups excluding tert-OH is 1. The number of nitrogens with zero attached hydrogens (tertiary/aromatic N) is 1. The maximum Gasteiger partial charge on any atom is 0.123 e. The Bertz CT molecular complexity index is 379. The number of hydrogen-bond acceptors (Lipinski definition) is 2. The van der Waals surface area contributed by atoms with Crippen LogP contribution in [0.3, 0.4) is 0 Å². The SMILES string of the molecule is CCCN(CCC(O)c1cccc(F)c1)C1CC1. The average molecular weight is 251 g/mol. The van der Waals surface area contributed by atoms with E-state index in [-0.39, 0.29) is 5.82 Å². The molecule has 3 heteroatoms. The van der Waals surface area contributed by atoms with E-state index < -0.39 is 6.10 Å². The third-order valence-corrected chi connectivity index (χ3v) is 3.50. The number of aliphatic hydroxyl groups is 1. The molecule has 0 amide bonds. The first kappa shape index (κ1) is 13.5. The van der Waals surface area contributed by atoms with Crippen LogP contribution in [-0.4, -0.2) is 29.1 Å². The highest BCUT2D eigenvalue weighted by Gasteiger charge is 2.28. The topological polar surface area (TPSA) is 23.5 Å². The van der Waals surface area contributed by atoms with E-state index in [4.69, 9.17) is 0 Å². The van der Waals surface area contributed by atoms with Gasteiger partial charge in [0.25, 0.3) is 0 Å². The summed E-state index contributed by atoms with van der Waals surface area (Å²) < 4.78 is 13.1. The molecule has 1 atom stereocenters. The molecular formula is C15H22FNO. The second-order valence-electron chi connectivity index (χ2n) is 5.13. The van der Waals surface area contributed by atoms with Crippen molar-refractivity contribution in [3.05, 3.63) is 35.6 Å². The minimum Gasteiger partial charge on any atom is -0.388 e. The highest BCUT2D eigenvalue weighted by molar-refractivity contribution is 5.18. The summed E-state index contributed by atoms with van der Waals surface area (Å²) in [7, 11) is 0. The molecule has 0 spiro atoms. The Balaban J connectivity index is 1.84. The molecule has 1 fully saturated rings. The highest BCUT2D eigenvalue weighted by atomic mass is 19.1. The van der Waals surface area contributed by atoms with Crippen LogP contribution in [0.15, 0.2) is 24.3 Å². The summed E-state index contributed by atoms with van der Waals surface area (Å²) in [6.45, 7) is 4.18. The zero-order valence-corrected chi connectivity index (χ0v) is 11.0. The molecule has 2 nitrogen and oxygen atoms in total. The van der Waals surface area contributed by atoms with Gasteiger partial charge in [-0.15, -0.1) is 0 Å². The second kappa shape index (κ2) is 6.30. The summed E-state index contributed by atoms with van der Waals surface area (Å²) in [5.74, 6) is -0.279. The smallest absolute Gasteiger partial charge is 0.123 e. The molecule has 0 bridgehead atoms. The van der Waals surface area contributed by atoms with E-state index in [2.05, 4.69) is 11.8 Å². The average Bonchev–Trinajstić information content (AvgIpc) is 3.18. The fourth-order valence-electron chi connectivity index (χ4n) is 2.37. The molecule has 1 aromatic carbocycles. The number of rotatable bonds is 7. The number of halogens is 1. The van der Waals surface area contributed by atoms with Crippen molar-refractivity contribution in [3.63, 3.8) is 0 Å². The highest BCUT2D eigenvalue weighted by Crippen LogP contribution is 2.28. The van der Waals surface area contributed by atoms with E-state index in [1.54, 1.807) is 12.1 Å². The van der Waals surface area contributed by atoms with E-state index >= 15 is 0 Å². The summed E-state index contributed by atoms with van der Waals surface area (Å²) in [6, 6.07) is 6.99. The quantitative estimate of drug-likeness (QED) is 0.805. The summed E-state index contributed by atoms with van der Waals surface area (Å²) in [5, 5.41) is 10.1. The summed E-state index contributed by atoms with van der Waals surface area (Å²) in [5.41, 5.74) is 0.683. The molecule has 0 radical (unpaired) electrons. The van der Waals surface area contributed by atoms with Gasteiger partial charge in [-0.1, -0.05) is 19.1 Å². The van der Waals surface area contributed by atoms with Gasteiger partial charge in [0.05, 0.1) is 6.10 Å². The van der Waals surface area contributed by atoms with Crippen LogP contribution in [-0.2, 0) is 0 Å². The molecule has 1 saturated carbocycles. The molecule has 18 heavy (non-hydrogen) atoms. The Morgan fingerprint density at radius 1 is 1.39 bits per heavy atom. The van der Waals surface area contributed by atoms with Crippen LogP contribution in [0.2, 0.25) is 0 Å². The van der Waals surface area contributed by atoms with E-state index in [0.717, 1.165) is 25.6 Å². The van der Waals surface area contributed by atoms with Gasteiger partial charge in [0.15, 0.2) is 0 Å². The van der Waals surface area contributed by atoms with Gasteiger partial charge in [-0.2, -0.15) is 0 Å². The fourth-order valence-corrected chi connectivity index (χ4v) is 2.37. The van der Waals surface area contributed by atoms with Gasteiger partial charge in [0.1, 0.15) is 5.82 Å². The van der Waals surface area contributed by atoms with Crippen molar-refractivity contribution in [3.8, 4) is 0 Å². The van der Waals surface area contributed by atoms with Crippen molar-refractivity contribution in [1.29, 1.82) is 0 Å². The predicted molar refractivity (Wildman–Crippen MR) is 70.9 cm³/mol. The number of hydrogen-bond donors (Lipinski definition) is 1. The third kappa shape index (κ3) is 3.79. The first-order valence-electron chi connectivity index (χ1n) is 6.88. The van der Waals surface area contributed by atoms with Gasteiger partial charge in [-0.05, 0) is 49.9 Å². The van der Waals surface area contributed by atoms with Crippen LogP contribution in [0, 0.1) is 5.82 Å². The Hall–Kier alpha value is -0.930. The molecule has 2 rings (SSSR count). The van der Waals surface area contributed by atoms with Crippen LogP contribution in [0.5, 0.6) is 0 Å². The first-order chi connectivity index (χ1) is 8.70. The van der Waals surface area contributed by atoms with Gasteiger partial charge in [-0.3, -0.25) is 0 Å². The monoisotopic (exact) mass is 251 g/mol. The predicted octanol–water partition coefficient (Wildman–Crippen LogP) is 3.12.